The number of anilines is 2. The zero-order valence-electron chi connectivity index (χ0n) is 17.9. The van der Waals surface area contributed by atoms with Crippen LogP contribution in [-0.2, 0) is 0 Å². The van der Waals surface area contributed by atoms with E-state index >= 15 is 0 Å². The second kappa shape index (κ2) is 7.82. The molecule has 2 bridgehead atoms. The van der Waals surface area contributed by atoms with Crippen LogP contribution < -0.4 is 15.0 Å². The number of rotatable bonds is 4. The lowest BCUT2D eigenvalue weighted by atomic mass is 9.96. The van der Waals surface area contributed by atoms with Crippen molar-refractivity contribution in [1.29, 1.82) is 0 Å². The molecule has 0 spiro atoms. The van der Waals surface area contributed by atoms with Crippen LogP contribution >= 0.6 is 11.8 Å². The molecule has 1 amide bonds. The van der Waals surface area contributed by atoms with Crippen molar-refractivity contribution in [3.8, 4) is 5.75 Å². The molecule has 0 aliphatic carbocycles. The first-order chi connectivity index (χ1) is 14.6. The van der Waals surface area contributed by atoms with E-state index in [9.17, 15) is 4.79 Å². The number of ether oxygens (including phenoxy) is 1. The van der Waals surface area contributed by atoms with Gasteiger partial charge in [0.1, 0.15) is 5.75 Å². The number of carbonyl (C=O) groups is 1. The van der Waals surface area contributed by atoms with Crippen molar-refractivity contribution in [3.05, 3.63) is 42.0 Å². The lowest BCUT2D eigenvalue weighted by Crippen LogP contribution is -2.47. The summed E-state index contributed by atoms with van der Waals surface area (Å²) >= 11 is 1.72. The van der Waals surface area contributed by atoms with Crippen molar-refractivity contribution in [2.75, 3.05) is 25.6 Å². The molecule has 2 atom stereocenters. The first-order valence-electron chi connectivity index (χ1n) is 10.9. The van der Waals surface area contributed by atoms with Crippen LogP contribution in [0.2, 0.25) is 0 Å². The molecule has 5 nitrogen and oxygen atoms in total. The Hall–Kier alpha value is -2.18. The Morgan fingerprint density at radius 3 is 2.67 bits per heavy atom. The van der Waals surface area contributed by atoms with Crippen molar-refractivity contribution in [3.63, 3.8) is 0 Å². The molecular formula is C24H29N3O2S. The third-order valence-electron chi connectivity index (χ3n) is 6.75. The predicted molar refractivity (Wildman–Crippen MR) is 121 cm³/mol. The molecule has 2 unspecified atom stereocenters. The molecule has 1 N–H and O–H groups in total. The molecule has 3 heterocycles. The van der Waals surface area contributed by atoms with Crippen molar-refractivity contribution < 1.29 is 9.53 Å². The van der Waals surface area contributed by atoms with E-state index in [0.29, 0.717) is 24.7 Å². The molecule has 0 radical (unpaired) electrons. The van der Waals surface area contributed by atoms with Crippen molar-refractivity contribution in [2.24, 2.45) is 0 Å². The first kappa shape index (κ1) is 19.8. The van der Waals surface area contributed by atoms with Gasteiger partial charge in [0.2, 0.25) is 0 Å². The van der Waals surface area contributed by atoms with E-state index < -0.39 is 0 Å². The highest BCUT2D eigenvalue weighted by atomic mass is 32.2. The summed E-state index contributed by atoms with van der Waals surface area (Å²) in [6.45, 7) is 2.70. The zero-order valence-corrected chi connectivity index (χ0v) is 18.7. The Morgan fingerprint density at radius 2 is 1.97 bits per heavy atom. The molecule has 2 fully saturated rings. The number of nitrogens with zero attached hydrogens (tertiary/aromatic N) is 2. The second-order valence-electron chi connectivity index (χ2n) is 8.55. The fourth-order valence-corrected chi connectivity index (χ4v) is 6.32. The molecular weight excluding hydrogens is 394 g/mol. The largest absolute Gasteiger partial charge is 0.495 e. The van der Waals surface area contributed by atoms with E-state index in [4.69, 9.17) is 4.74 Å². The maximum Gasteiger partial charge on any atom is 0.253 e. The predicted octanol–water partition coefficient (Wildman–Crippen LogP) is 4.67. The minimum atomic E-state index is 0.0678. The van der Waals surface area contributed by atoms with E-state index in [1.165, 1.54) is 24.2 Å². The number of amides is 1. The van der Waals surface area contributed by atoms with Gasteiger partial charge in [0.25, 0.3) is 5.91 Å². The first-order valence-corrected chi connectivity index (χ1v) is 11.7. The van der Waals surface area contributed by atoms with Gasteiger partial charge >= 0.3 is 0 Å². The highest BCUT2D eigenvalue weighted by Crippen LogP contribution is 2.54. The molecule has 0 aromatic heterocycles. The standard InChI is InChI=1S/C24H29N3O2S/c1-4-26(2)24(28)15-8-11-19-22(12-15)30-23-20(6-5-7-21(23)29-3)27(19)18-13-16-9-10-17(14-18)25-16/h5-8,11-12,16-18,25H,4,9-10,13-14H2,1-3H3. The molecule has 6 heteroatoms. The van der Waals surface area contributed by atoms with Gasteiger partial charge in [-0.2, -0.15) is 0 Å². The fraction of sp³-hybridized carbons (Fsp3) is 0.458. The van der Waals surface area contributed by atoms with E-state index in [0.717, 1.165) is 33.9 Å². The van der Waals surface area contributed by atoms with Crippen LogP contribution in [0, 0.1) is 0 Å². The lowest BCUT2D eigenvalue weighted by Gasteiger charge is -2.43. The van der Waals surface area contributed by atoms with Gasteiger partial charge < -0.3 is 19.9 Å². The van der Waals surface area contributed by atoms with E-state index in [-0.39, 0.29) is 5.91 Å². The lowest BCUT2D eigenvalue weighted by molar-refractivity contribution is 0.0802. The van der Waals surface area contributed by atoms with Gasteiger partial charge in [-0.15, -0.1) is 0 Å². The van der Waals surface area contributed by atoms with E-state index in [1.54, 1.807) is 23.8 Å². The summed E-state index contributed by atoms with van der Waals surface area (Å²) in [7, 11) is 3.58. The highest BCUT2D eigenvalue weighted by molar-refractivity contribution is 7.99. The molecule has 2 aromatic rings. The molecule has 3 aliphatic rings. The Labute approximate surface area is 182 Å². The van der Waals surface area contributed by atoms with Gasteiger partial charge in [-0.1, -0.05) is 17.8 Å². The van der Waals surface area contributed by atoms with Gasteiger partial charge in [-0.25, -0.2) is 0 Å². The summed E-state index contributed by atoms with van der Waals surface area (Å²) in [4.78, 5) is 19.3. The topological polar surface area (TPSA) is 44.8 Å². The smallest absolute Gasteiger partial charge is 0.253 e. The van der Waals surface area contributed by atoms with Crippen molar-refractivity contribution >= 4 is 29.0 Å². The number of benzene rings is 2. The minimum Gasteiger partial charge on any atom is -0.495 e. The average Bonchev–Trinajstić information content (AvgIpc) is 3.12. The van der Waals surface area contributed by atoms with Gasteiger partial charge in [0.05, 0.1) is 23.4 Å². The quantitative estimate of drug-likeness (QED) is 0.774. The maximum absolute atomic E-state index is 12.8. The van der Waals surface area contributed by atoms with Crippen LogP contribution in [0.4, 0.5) is 11.4 Å². The van der Waals surface area contributed by atoms with Crippen molar-refractivity contribution in [2.45, 2.75) is 60.5 Å². The number of nitrogens with one attached hydrogen (secondary N) is 1. The number of fused-ring (bicyclic) bond motifs is 4. The third-order valence-corrected chi connectivity index (χ3v) is 7.91. The summed E-state index contributed by atoms with van der Waals surface area (Å²) in [5, 5.41) is 3.77. The Kier molecular flexibility index (Phi) is 5.15. The number of carbonyl (C=O) groups excluding carboxylic acids is 1. The van der Waals surface area contributed by atoms with Crippen LogP contribution in [0.5, 0.6) is 5.75 Å². The maximum atomic E-state index is 12.8. The summed E-state index contributed by atoms with van der Waals surface area (Å²) < 4.78 is 5.72. The third kappa shape index (κ3) is 3.26. The number of hydrogen-bond donors (Lipinski definition) is 1. The minimum absolute atomic E-state index is 0.0678. The Morgan fingerprint density at radius 1 is 1.20 bits per heavy atom. The van der Waals surface area contributed by atoms with Crippen LogP contribution in [-0.4, -0.2) is 49.6 Å². The van der Waals surface area contributed by atoms with Crippen LogP contribution in [0.25, 0.3) is 0 Å². The molecule has 2 aromatic carbocycles. The second-order valence-corrected chi connectivity index (χ2v) is 9.60. The van der Waals surface area contributed by atoms with Crippen LogP contribution in [0.3, 0.4) is 0 Å². The normalized spacial score (nSPS) is 24.2. The SMILES string of the molecule is CCN(C)C(=O)c1ccc2c(c1)Sc1c(OC)cccc1N2C1CC2CCC(C1)N2. The van der Waals surface area contributed by atoms with Crippen molar-refractivity contribution in [1.82, 2.24) is 10.2 Å². The molecule has 5 rings (SSSR count). The molecule has 30 heavy (non-hydrogen) atoms. The van der Waals surface area contributed by atoms with Gasteiger partial charge in [-0.05, 0) is 62.9 Å². The molecule has 158 valence electrons. The number of piperidine rings is 1. The van der Waals surface area contributed by atoms with Gasteiger partial charge in [-0.3, -0.25) is 4.79 Å². The molecule has 2 saturated heterocycles. The van der Waals surface area contributed by atoms with Crippen LogP contribution in [0.1, 0.15) is 43.0 Å². The number of hydrogen-bond acceptors (Lipinski definition) is 5. The summed E-state index contributed by atoms with van der Waals surface area (Å²) in [6.07, 6.45) is 4.85. The van der Waals surface area contributed by atoms with Crippen LogP contribution in [0.15, 0.2) is 46.2 Å². The summed E-state index contributed by atoms with van der Waals surface area (Å²) in [6, 6.07) is 14.2. The van der Waals surface area contributed by atoms with E-state index in [2.05, 4.69) is 34.5 Å². The molecule has 3 aliphatic heterocycles. The number of methoxy groups -OCH3 is 1. The average molecular weight is 424 g/mol. The Balaban J connectivity index is 1.59. The zero-order chi connectivity index (χ0) is 20.8. The fourth-order valence-electron chi connectivity index (χ4n) is 5.12. The summed E-state index contributed by atoms with van der Waals surface area (Å²) in [5.41, 5.74) is 3.18. The summed E-state index contributed by atoms with van der Waals surface area (Å²) in [5.74, 6) is 0.964. The Bertz CT molecular complexity index is 967. The van der Waals surface area contributed by atoms with E-state index in [1.807, 2.05) is 26.1 Å². The van der Waals surface area contributed by atoms with Gasteiger partial charge in [0.15, 0.2) is 0 Å². The highest BCUT2D eigenvalue weighted by Gasteiger charge is 2.39. The monoisotopic (exact) mass is 423 g/mol. The molecule has 0 saturated carbocycles. The van der Waals surface area contributed by atoms with Gasteiger partial charge in [0, 0.05) is 42.2 Å².